The van der Waals surface area contributed by atoms with Crippen LogP contribution < -0.4 is 21.5 Å². The molecule has 0 N–H and O–H groups in total. The van der Waals surface area contributed by atoms with Crippen LogP contribution in [0.3, 0.4) is 0 Å². The van der Waals surface area contributed by atoms with Crippen molar-refractivity contribution >= 4 is 0 Å². The fourth-order valence-corrected chi connectivity index (χ4v) is 1.92. The zero-order chi connectivity index (χ0) is 12.2. The highest BCUT2D eigenvalue weighted by molar-refractivity contribution is 5.30. The van der Waals surface area contributed by atoms with Crippen LogP contribution in [0.2, 0.25) is 0 Å². The lowest BCUT2D eigenvalue weighted by molar-refractivity contribution is -0.688. The van der Waals surface area contributed by atoms with Crippen molar-refractivity contribution in [1.82, 2.24) is 9.55 Å². The summed E-state index contributed by atoms with van der Waals surface area (Å²) in [4.78, 5) is 4.33. The van der Waals surface area contributed by atoms with Gasteiger partial charge < -0.3 is 17.0 Å². The zero-order valence-electron chi connectivity index (χ0n) is 10.4. The highest BCUT2D eigenvalue weighted by atomic mass is 79.9. The summed E-state index contributed by atoms with van der Waals surface area (Å²) in [6.45, 7) is 0.792. The monoisotopic (exact) mass is 315 g/mol. The Balaban J connectivity index is 0.00000133. The lowest BCUT2D eigenvalue weighted by Crippen LogP contribution is -3.00. The molecule has 0 aliphatic heterocycles. The van der Waals surface area contributed by atoms with Crippen LogP contribution in [0.4, 0.5) is 0 Å². The summed E-state index contributed by atoms with van der Waals surface area (Å²) >= 11 is 0. The van der Waals surface area contributed by atoms with Gasteiger partial charge >= 0.3 is 0 Å². The number of rotatable bonds is 3. The molecule has 96 valence electrons. The van der Waals surface area contributed by atoms with E-state index in [4.69, 9.17) is 0 Å². The molecule has 0 fully saturated rings. The predicted octanol–water partition coefficient (Wildman–Crippen LogP) is -0.788. The quantitative estimate of drug-likeness (QED) is 0.581. The fraction of sp³-hybridized carbons (Fsp3) is 0.0667. The molecule has 3 rings (SSSR count). The summed E-state index contributed by atoms with van der Waals surface area (Å²) in [6, 6.07) is 16.3. The molecular weight excluding hydrogens is 302 g/mol. The Morgan fingerprint density at radius 2 is 1.79 bits per heavy atom. The van der Waals surface area contributed by atoms with E-state index in [2.05, 4.69) is 45.0 Å². The maximum Gasteiger partial charge on any atom is 0.249 e. The summed E-state index contributed by atoms with van der Waals surface area (Å²) in [6.07, 6.45) is 8.01. The van der Waals surface area contributed by atoms with E-state index < -0.39 is 0 Å². The molecule has 0 saturated heterocycles. The highest BCUT2D eigenvalue weighted by Crippen LogP contribution is 2.04. The summed E-state index contributed by atoms with van der Waals surface area (Å²) < 4.78 is 4.22. The molecule has 0 amide bonds. The maximum atomic E-state index is 4.33. The summed E-state index contributed by atoms with van der Waals surface area (Å²) in [5.41, 5.74) is 2.23. The molecule has 3 nitrogen and oxygen atoms in total. The van der Waals surface area contributed by atoms with Gasteiger partial charge in [-0.2, -0.15) is 0 Å². The largest absolute Gasteiger partial charge is 1.00 e. The lowest BCUT2D eigenvalue weighted by atomic mass is 10.3. The number of nitrogens with zero attached hydrogens (tertiary/aromatic N) is 3. The SMILES string of the molecule is [Br-].c1ccc(-n2cc[n+](Cc3ccccn3)c2)cc1. The van der Waals surface area contributed by atoms with Crippen LogP contribution in [-0.4, -0.2) is 9.55 Å². The summed E-state index contributed by atoms with van der Waals surface area (Å²) in [7, 11) is 0. The normalized spacial score (nSPS) is 9.89. The molecule has 19 heavy (non-hydrogen) atoms. The number of imidazole rings is 1. The minimum Gasteiger partial charge on any atom is -1.00 e. The van der Waals surface area contributed by atoms with Crippen LogP contribution in [0.15, 0.2) is 73.4 Å². The van der Waals surface area contributed by atoms with Gasteiger partial charge in [-0.15, -0.1) is 0 Å². The fourth-order valence-electron chi connectivity index (χ4n) is 1.92. The Morgan fingerprint density at radius 3 is 2.53 bits per heavy atom. The average molecular weight is 316 g/mol. The summed E-state index contributed by atoms with van der Waals surface area (Å²) in [5.74, 6) is 0. The number of pyridine rings is 1. The number of aromatic nitrogens is 3. The molecule has 0 bridgehead atoms. The molecule has 0 aliphatic carbocycles. The second-order valence-electron chi connectivity index (χ2n) is 4.15. The smallest absolute Gasteiger partial charge is 0.249 e. The van der Waals surface area contributed by atoms with Crippen molar-refractivity contribution in [2.45, 2.75) is 6.54 Å². The number of para-hydroxylation sites is 1. The second-order valence-corrected chi connectivity index (χ2v) is 4.15. The molecule has 1 aromatic carbocycles. The first-order valence-corrected chi connectivity index (χ1v) is 5.94. The molecule has 0 radical (unpaired) electrons. The van der Waals surface area contributed by atoms with Gasteiger partial charge in [0.05, 0.1) is 5.69 Å². The maximum absolute atomic E-state index is 4.33. The van der Waals surface area contributed by atoms with Gasteiger partial charge in [-0.05, 0) is 24.3 Å². The van der Waals surface area contributed by atoms with E-state index >= 15 is 0 Å². The van der Waals surface area contributed by atoms with Gasteiger partial charge in [-0.25, -0.2) is 9.13 Å². The standard InChI is InChI=1S/C15H14N3.BrH/c1-2-7-15(8-3-1)18-11-10-17(13-18)12-14-6-4-5-9-16-14;/h1-11,13H,12H2;1H/q+1;/p-1. The van der Waals surface area contributed by atoms with Gasteiger partial charge in [0.1, 0.15) is 24.6 Å². The van der Waals surface area contributed by atoms with Crippen molar-refractivity contribution in [3.05, 3.63) is 79.1 Å². The van der Waals surface area contributed by atoms with Crippen LogP contribution in [0, 0.1) is 0 Å². The van der Waals surface area contributed by atoms with Crippen LogP contribution in [-0.2, 0) is 6.54 Å². The third kappa shape index (κ3) is 3.29. The Bertz CT molecular complexity index is 620. The Hall–Kier alpha value is -1.94. The first-order valence-electron chi connectivity index (χ1n) is 5.94. The summed E-state index contributed by atoms with van der Waals surface area (Å²) in [5, 5.41) is 0. The van der Waals surface area contributed by atoms with Gasteiger partial charge in [0.25, 0.3) is 0 Å². The van der Waals surface area contributed by atoms with Crippen LogP contribution in [0.5, 0.6) is 0 Å². The topological polar surface area (TPSA) is 21.7 Å². The second kappa shape index (κ2) is 6.29. The van der Waals surface area contributed by atoms with Crippen LogP contribution in [0.1, 0.15) is 5.69 Å². The molecule has 0 spiro atoms. The number of halogens is 1. The molecule has 0 atom stereocenters. The number of hydrogen-bond acceptors (Lipinski definition) is 1. The molecule has 2 aromatic heterocycles. The Kier molecular flexibility index (Phi) is 4.47. The van der Waals surface area contributed by atoms with Gasteiger partial charge in [0.2, 0.25) is 6.33 Å². The van der Waals surface area contributed by atoms with Crippen LogP contribution in [0.25, 0.3) is 5.69 Å². The van der Waals surface area contributed by atoms with E-state index in [1.165, 1.54) is 0 Å². The number of hydrogen-bond donors (Lipinski definition) is 0. The molecule has 3 aromatic rings. The van der Waals surface area contributed by atoms with Gasteiger partial charge in [-0.1, -0.05) is 24.3 Å². The van der Waals surface area contributed by atoms with Crippen LogP contribution >= 0.6 is 0 Å². The highest BCUT2D eigenvalue weighted by Gasteiger charge is 2.06. The van der Waals surface area contributed by atoms with Crippen molar-refractivity contribution < 1.29 is 21.5 Å². The van der Waals surface area contributed by atoms with E-state index in [0.29, 0.717) is 0 Å². The van der Waals surface area contributed by atoms with E-state index in [0.717, 1.165) is 17.9 Å². The molecular formula is C15H14BrN3. The minimum absolute atomic E-state index is 0. The molecule has 0 aliphatic rings. The Morgan fingerprint density at radius 1 is 1.00 bits per heavy atom. The van der Waals surface area contributed by atoms with Gasteiger partial charge in [0, 0.05) is 6.20 Å². The van der Waals surface area contributed by atoms with Crippen molar-refractivity contribution in [1.29, 1.82) is 0 Å². The third-order valence-electron chi connectivity index (χ3n) is 2.82. The van der Waals surface area contributed by atoms with Crippen molar-refractivity contribution in [3.63, 3.8) is 0 Å². The first-order chi connectivity index (χ1) is 8.92. The van der Waals surface area contributed by atoms with Crippen molar-refractivity contribution in [2.24, 2.45) is 0 Å². The molecule has 0 saturated carbocycles. The molecule has 4 heteroatoms. The van der Waals surface area contributed by atoms with Crippen molar-refractivity contribution in [2.75, 3.05) is 0 Å². The molecule has 0 unspecified atom stereocenters. The van der Waals surface area contributed by atoms with E-state index in [-0.39, 0.29) is 17.0 Å². The van der Waals surface area contributed by atoms with E-state index in [1.807, 2.05) is 42.6 Å². The van der Waals surface area contributed by atoms with E-state index in [1.54, 1.807) is 0 Å². The number of benzene rings is 1. The lowest BCUT2D eigenvalue weighted by Gasteiger charge is -1.96. The van der Waals surface area contributed by atoms with Gasteiger partial charge in [0.15, 0.2) is 0 Å². The molecule has 2 heterocycles. The van der Waals surface area contributed by atoms with Gasteiger partial charge in [-0.3, -0.25) is 4.98 Å². The van der Waals surface area contributed by atoms with Crippen molar-refractivity contribution in [3.8, 4) is 5.69 Å². The predicted molar refractivity (Wildman–Crippen MR) is 69.3 cm³/mol. The average Bonchev–Trinajstić information content (AvgIpc) is 2.89. The van der Waals surface area contributed by atoms with E-state index in [9.17, 15) is 0 Å². The first kappa shape index (κ1) is 13.5. The minimum atomic E-state index is 0. The Labute approximate surface area is 122 Å². The zero-order valence-corrected chi connectivity index (χ0v) is 11.9. The third-order valence-corrected chi connectivity index (χ3v) is 2.82.